The van der Waals surface area contributed by atoms with Crippen molar-refractivity contribution in [3.63, 3.8) is 0 Å². The summed E-state index contributed by atoms with van der Waals surface area (Å²) in [5.41, 5.74) is 7.73. The van der Waals surface area contributed by atoms with Crippen LogP contribution in [0.3, 0.4) is 0 Å². The van der Waals surface area contributed by atoms with Crippen molar-refractivity contribution in [1.82, 2.24) is 15.0 Å². The third kappa shape index (κ3) is 4.66. The zero-order valence-corrected chi connectivity index (χ0v) is 15.8. The summed E-state index contributed by atoms with van der Waals surface area (Å²) < 4.78 is 0. The van der Waals surface area contributed by atoms with Gasteiger partial charge in [0.05, 0.1) is 11.9 Å². The van der Waals surface area contributed by atoms with E-state index >= 15 is 0 Å². The number of hydrogen-bond acceptors (Lipinski definition) is 7. The van der Waals surface area contributed by atoms with Crippen LogP contribution < -0.4 is 21.3 Å². The minimum Gasteiger partial charge on any atom is -0.370 e. The maximum atomic E-state index is 5.61. The van der Waals surface area contributed by atoms with Crippen LogP contribution in [-0.2, 0) is 0 Å². The van der Waals surface area contributed by atoms with Gasteiger partial charge in [-0.1, -0.05) is 0 Å². The molecule has 7 heteroatoms. The maximum absolute atomic E-state index is 5.61. The zero-order chi connectivity index (χ0) is 18.5. The van der Waals surface area contributed by atoms with Gasteiger partial charge in [-0.3, -0.25) is 0 Å². The number of aromatic nitrogens is 3. The van der Waals surface area contributed by atoms with Crippen molar-refractivity contribution in [2.45, 2.75) is 44.4 Å². The van der Waals surface area contributed by atoms with Crippen LogP contribution in [0.1, 0.15) is 50.0 Å². The van der Waals surface area contributed by atoms with Crippen LogP contribution in [0, 0.1) is 0 Å². The van der Waals surface area contributed by atoms with Crippen LogP contribution in [0.5, 0.6) is 0 Å². The lowest BCUT2D eigenvalue weighted by Crippen LogP contribution is -2.29. The number of pyridine rings is 1. The van der Waals surface area contributed by atoms with Gasteiger partial charge < -0.3 is 21.3 Å². The third-order valence-electron chi connectivity index (χ3n) is 5.19. The molecule has 0 aromatic carbocycles. The quantitative estimate of drug-likeness (QED) is 0.617. The lowest BCUT2D eigenvalue weighted by Gasteiger charge is -2.27. The molecule has 1 saturated heterocycles. The standard InChI is InChI=1S/C20H29N7/c21-9-4-10-22-19-17(15-5-6-15)14-24-20(26-19)25-16-7-8-18(23-13-16)27-11-2-1-3-12-27/h7-8,13-15H,1-6,9-12,21H2,(H2,22,24,25,26). The molecule has 4 N–H and O–H groups in total. The first-order valence-corrected chi connectivity index (χ1v) is 10.1. The molecular formula is C20H29N7. The monoisotopic (exact) mass is 367 g/mol. The summed E-state index contributed by atoms with van der Waals surface area (Å²) in [5, 5.41) is 6.70. The molecule has 0 unspecified atom stereocenters. The predicted molar refractivity (Wildman–Crippen MR) is 110 cm³/mol. The van der Waals surface area contributed by atoms with Crippen molar-refractivity contribution in [2.75, 3.05) is 41.7 Å². The molecule has 0 amide bonds. The minimum absolute atomic E-state index is 0.599. The number of rotatable bonds is 8. The van der Waals surface area contributed by atoms with Crippen LogP contribution >= 0.6 is 0 Å². The van der Waals surface area contributed by atoms with Crippen molar-refractivity contribution in [3.05, 3.63) is 30.1 Å². The Morgan fingerprint density at radius 2 is 1.93 bits per heavy atom. The highest BCUT2D eigenvalue weighted by molar-refractivity contribution is 5.58. The van der Waals surface area contributed by atoms with Crippen LogP contribution in [0.4, 0.5) is 23.3 Å². The number of anilines is 4. The largest absolute Gasteiger partial charge is 0.370 e. The summed E-state index contributed by atoms with van der Waals surface area (Å²) in [5.74, 6) is 3.18. The molecule has 1 aliphatic carbocycles. The summed E-state index contributed by atoms with van der Waals surface area (Å²) in [6, 6.07) is 4.13. The second kappa shape index (κ2) is 8.52. The van der Waals surface area contributed by atoms with E-state index in [1.165, 1.54) is 37.7 Å². The molecule has 0 spiro atoms. The first kappa shape index (κ1) is 18.0. The van der Waals surface area contributed by atoms with E-state index in [-0.39, 0.29) is 0 Å². The molecule has 144 valence electrons. The van der Waals surface area contributed by atoms with Gasteiger partial charge in [0.15, 0.2) is 0 Å². The Labute approximate surface area is 160 Å². The molecule has 3 heterocycles. The third-order valence-corrected chi connectivity index (χ3v) is 5.19. The average molecular weight is 368 g/mol. The number of nitrogens with two attached hydrogens (primary N) is 1. The highest BCUT2D eigenvalue weighted by Gasteiger charge is 2.27. The van der Waals surface area contributed by atoms with Gasteiger partial charge in [-0.15, -0.1) is 0 Å². The van der Waals surface area contributed by atoms with E-state index in [2.05, 4.69) is 37.6 Å². The molecule has 0 bridgehead atoms. The van der Waals surface area contributed by atoms with Gasteiger partial charge in [0.25, 0.3) is 0 Å². The Morgan fingerprint density at radius 3 is 2.63 bits per heavy atom. The fourth-order valence-corrected chi connectivity index (χ4v) is 3.49. The molecule has 4 rings (SSSR count). The van der Waals surface area contributed by atoms with Gasteiger partial charge in [0.1, 0.15) is 11.6 Å². The topological polar surface area (TPSA) is 92.0 Å². The van der Waals surface area contributed by atoms with E-state index < -0.39 is 0 Å². The van der Waals surface area contributed by atoms with E-state index in [0.29, 0.717) is 18.4 Å². The van der Waals surface area contributed by atoms with Gasteiger partial charge in [-0.25, -0.2) is 9.97 Å². The molecule has 2 aliphatic rings. The summed E-state index contributed by atoms with van der Waals surface area (Å²) >= 11 is 0. The SMILES string of the molecule is NCCCNc1nc(Nc2ccc(N3CCCCC3)nc2)ncc1C1CC1. The van der Waals surface area contributed by atoms with Crippen LogP contribution in [0.15, 0.2) is 24.5 Å². The van der Waals surface area contributed by atoms with Crippen LogP contribution in [-0.4, -0.2) is 41.1 Å². The van der Waals surface area contributed by atoms with Crippen molar-refractivity contribution >= 4 is 23.3 Å². The number of nitrogens with one attached hydrogen (secondary N) is 2. The molecule has 2 fully saturated rings. The van der Waals surface area contributed by atoms with E-state index in [0.717, 1.165) is 43.4 Å². The van der Waals surface area contributed by atoms with Crippen molar-refractivity contribution in [3.8, 4) is 0 Å². The fraction of sp³-hybridized carbons (Fsp3) is 0.550. The van der Waals surface area contributed by atoms with Gasteiger partial charge >= 0.3 is 0 Å². The smallest absolute Gasteiger partial charge is 0.229 e. The zero-order valence-electron chi connectivity index (χ0n) is 15.8. The lowest BCUT2D eigenvalue weighted by atomic mass is 10.1. The van der Waals surface area contributed by atoms with E-state index in [1.54, 1.807) is 0 Å². The van der Waals surface area contributed by atoms with Crippen molar-refractivity contribution in [1.29, 1.82) is 0 Å². The highest BCUT2D eigenvalue weighted by atomic mass is 15.2. The van der Waals surface area contributed by atoms with Gasteiger partial charge in [0.2, 0.25) is 5.95 Å². The summed E-state index contributed by atoms with van der Waals surface area (Å²) in [7, 11) is 0. The molecule has 0 atom stereocenters. The average Bonchev–Trinajstić information content (AvgIpc) is 3.55. The summed E-state index contributed by atoms with van der Waals surface area (Å²) in [6.07, 6.45) is 11.0. The minimum atomic E-state index is 0.599. The Balaban J connectivity index is 1.44. The number of nitrogens with zero attached hydrogens (tertiary/aromatic N) is 4. The summed E-state index contributed by atoms with van der Waals surface area (Å²) in [6.45, 7) is 3.71. The Bertz CT molecular complexity index is 736. The fourth-order valence-electron chi connectivity index (χ4n) is 3.49. The molecule has 0 radical (unpaired) electrons. The van der Waals surface area contributed by atoms with E-state index in [9.17, 15) is 0 Å². The Kier molecular flexibility index (Phi) is 5.67. The van der Waals surface area contributed by atoms with Gasteiger partial charge in [0, 0.05) is 31.4 Å². The van der Waals surface area contributed by atoms with Crippen molar-refractivity contribution in [2.24, 2.45) is 5.73 Å². The molecule has 27 heavy (non-hydrogen) atoms. The van der Waals surface area contributed by atoms with E-state index in [1.807, 2.05) is 12.4 Å². The lowest BCUT2D eigenvalue weighted by molar-refractivity contribution is 0.573. The molecule has 1 saturated carbocycles. The first-order chi connectivity index (χ1) is 13.3. The van der Waals surface area contributed by atoms with Crippen LogP contribution in [0.25, 0.3) is 0 Å². The second-order valence-corrected chi connectivity index (χ2v) is 7.42. The predicted octanol–water partition coefficient (Wildman–Crippen LogP) is 3.24. The Morgan fingerprint density at radius 1 is 1.07 bits per heavy atom. The Hall–Kier alpha value is -2.41. The highest BCUT2D eigenvalue weighted by Crippen LogP contribution is 2.42. The normalized spacial score (nSPS) is 17.0. The van der Waals surface area contributed by atoms with Gasteiger partial charge in [-0.05, 0) is 63.1 Å². The second-order valence-electron chi connectivity index (χ2n) is 7.42. The molecule has 7 nitrogen and oxygen atoms in total. The molecule has 2 aromatic heterocycles. The molecule has 1 aliphatic heterocycles. The maximum Gasteiger partial charge on any atom is 0.229 e. The summed E-state index contributed by atoms with van der Waals surface area (Å²) in [4.78, 5) is 16.2. The van der Waals surface area contributed by atoms with E-state index in [4.69, 9.17) is 10.7 Å². The number of hydrogen-bond donors (Lipinski definition) is 3. The molecule has 2 aromatic rings. The van der Waals surface area contributed by atoms with Crippen LogP contribution in [0.2, 0.25) is 0 Å². The number of piperidine rings is 1. The first-order valence-electron chi connectivity index (χ1n) is 10.1. The van der Waals surface area contributed by atoms with Gasteiger partial charge in [-0.2, -0.15) is 4.98 Å². The molecular weight excluding hydrogens is 338 g/mol. The van der Waals surface area contributed by atoms with Crippen molar-refractivity contribution < 1.29 is 0 Å².